The highest BCUT2D eigenvalue weighted by atomic mass is 16.1. The summed E-state index contributed by atoms with van der Waals surface area (Å²) in [6.45, 7) is 3.14. The Kier molecular flexibility index (Phi) is 4.37. The summed E-state index contributed by atoms with van der Waals surface area (Å²) in [4.78, 5) is 15.8. The molecule has 0 aromatic heterocycles. The second-order valence-corrected chi connectivity index (χ2v) is 7.01. The van der Waals surface area contributed by atoms with Gasteiger partial charge in [-0.25, -0.2) is 0 Å². The van der Waals surface area contributed by atoms with Gasteiger partial charge in [0.25, 0.3) is 0 Å². The summed E-state index contributed by atoms with van der Waals surface area (Å²) in [5.41, 5.74) is 9.53. The first-order valence-corrected chi connectivity index (χ1v) is 9.37. The molecule has 26 heavy (non-hydrogen) atoms. The van der Waals surface area contributed by atoms with Crippen molar-refractivity contribution in [2.75, 3.05) is 6.54 Å². The summed E-state index contributed by atoms with van der Waals surface area (Å²) in [5.74, 6) is 0.0686. The average molecular weight is 344 g/mol. The molecule has 1 unspecified atom stereocenters. The predicted octanol–water partition coefficient (Wildman–Crippen LogP) is 4.56. The Morgan fingerprint density at radius 3 is 2.85 bits per heavy atom. The van der Waals surface area contributed by atoms with E-state index in [4.69, 9.17) is 5.73 Å². The van der Waals surface area contributed by atoms with E-state index in [1.165, 1.54) is 0 Å². The number of carbonyl (C=O) groups excluding carboxylic acids is 1. The van der Waals surface area contributed by atoms with E-state index in [1.807, 2.05) is 54.7 Å². The van der Waals surface area contributed by atoms with Crippen molar-refractivity contribution >= 4 is 16.6 Å². The highest BCUT2D eigenvalue weighted by molar-refractivity contribution is 6.18. The summed E-state index contributed by atoms with van der Waals surface area (Å²) < 4.78 is 0. The molecule has 0 saturated carbocycles. The van der Waals surface area contributed by atoms with Crippen LogP contribution in [0.3, 0.4) is 0 Å². The molecule has 1 aliphatic carbocycles. The van der Waals surface area contributed by atoms with Gasteiger partial charge in [-0.3, -0.25) is 4.79 Å². The van der Waals surface area contributed by atoms with Crippen molar-refractivity contribution in [3.05, 3.63) is 83.2 Å². The van der Waals surface area contributed by atoms with Crippen LogP contribution in [0.4, 0.5) is 0 Å². The smallest absolute Gasteiger partial charge is 0.195 e. The Morgan fingerprint density at radius 2 is 2.00 bits per heavy atom. The minimum Gasteiger partial charge on any atom is -0.398 e. The van der Waals surface area contributed by atoms with Gasteiger partial charge in [-0.1, -0.05) is 61.9 Å². The Morgan fingerprint density at radius 1 is 1.19 bits per heavy atom. The Bertz CT molecular complexity index is 946. The van der Waals surface area contributed by atoms with E-state index in [-0.39, 0.29) is 11.8 Å². The van der Waals surface area contributed by atoms with Gasteiger partial charge in [0.15, 0.2) is 5.78 Å². The van der Waals surface area contributed by atoms with Crippen LogP contribution in [0.25, 0.3) is 10.8 Å². The largest absolute Gasteiger partial charge is 0.398 e. The lowest BCUT2D eigenvalue weighted by atomic mass is 9.88. The first kappa shape index (κ1) is 16.6. The summed E-state index contributed by atoms with van der Waals surface area (Å²) in [6.07, 6.45) is 9.25. The zero-order chi connectivity index (χ0) is 18.1. The number of nitrogens with two attached hydrogens (primary N) is 1. The molecular formula is C23H24N2O. The number of hydrogen-bond donors (Lipinski definition) is 1. The maximum Gasteiger partial charge on any atom is 0.195 e. The van der Waals surface area contributed by atoms with E-state index < -0.39 is 0 Å². The fourth-order valence-corrected chi connectivity index (χ4v) is 4.00. The van der Waals surface area contributed by atoms with Gasteiger partial charge in [-0.05, 0) is 29.7 Å². The van der Waals surface area contributed by atoms with Gasteiger partial charge in [0.2, 0.25) is 0 Å². The molecule has 1 heterocycles. The lowest BCUT2D eigenvalue weighted by molar-refractivity contribution is 0.103. The Hall–Kier alpha value is -2.81. The summed E-state index contributed by atoms with van der Waals surface area (Å²) >= 11 is 0. The summed E-state index contributed by atoms with van der Waals surface area (Å²) in [7, 11) is 0. The van der Waals surface area contributed by atoms with Gasteiger partial charge >= 0.3 is 0 Å². The van der Waals surface area contributed by atoms with Gasteiger partial charge in [0, 0.05) is 35.2 Å². The fourth-order valence-electron chi connectivity index (χ4n) is 4.00. The number of rotatable bonds is 5. The standard InChI is InChI=1S/C23H24N2O/c1-2-3-14-25-15-19(22-20(24)12-7-13-21(22)25)23(26)18-11-6-9-16-8-4-5-10-17(16)18/h4-12,15,21H,2-3,13-14,24H2,1H3. The number of ketones is 1. The summed E-state index contributed by atoms with van der Waals surface area (Å²) in [5, 5.41) is 2.08. The molecule has 1 aliphatic heterocycles. The van der Waals surface area contributed by atoms with Crippen LogP contribution in [0.1, 0.15) is 36.5 Å². The third kappa shape index (κ3) is 2.74. The molecule has 2 aromatic carbocycles. The van der Waals surface area contributed by atoms with Crippen LogP contribution < -0.4 is 5.73 Å². The van der Waals surface area contributed by atoms with Gasteiger partial charge in [-0.15, -0.1) is 0 Å². The minimum atomic E-state index is 0.0686. The molecule has 2 aromatic rings. The Labute approximate surface area is 154 Å². The van der Waals surface area contributed by atoms with E-state index >= 15 is 0 Å². The first-order chi connectivity index (χ1) is 12.7. The van der Waals surface area contributed by atoms with Crippen LogP contribution in [0.2, 0.25) is 0 Å². The molecule has 3 heteroatoms. The average Bonchev–Trinajstić information content (AvgIpc) is 3.05. The number of fused-ring (bicyclic) bond motifs is 2. The van der Waals surface area contributed by atoms with Crippen LogP contribution in [-0.4, -0.2) is 23.3 Å². The van der Waals surface area contributed by atoms with Crippen molar-refractivity contribution in [3.63, 3.8) is 0 Å². The van der Waals surface area contributed by atoms with E-state index in [2.05, 4.69) is 17.9 Å². The molecular weight excluding hydrogens is 320 g/mol. The minimum absolute atomic E-state index is 0.0686. The summed E-state index contributed by atoms with van der Waals surface area (Å²) in [6, 6.07) is 14.2. The van der Waals surface area contributed by atoms with Gasteiger partial charge in [0.05, 0.1) is 6.04 Å². The predicted molar refractivity (Wildman–Crippen MR) is 107 cm³/mol. The van der Waals surface area contributed by atoms with Crippen LogP contribution in [0, 0.1) is 0 Å². The monoisotopic (exact) mass is 344 g/mol. The van der Waals surface area contributed by atoms with E-state index in [0.29, 0.717) is 0 Å². The van der Waals surface area contributed by atoms with Crippen molar-refractivity contribution < 1.29 is 4.79 Å². The SMILES string of the molecule is CCCCN1C=C(C(=O)c2cccc3ccccc23)C2=C(N)C=CCC21. The van der Waals surface area contributed by atoms with E-state index in [0.717, 1.165) is 59.0 Å². The molecule has 1 atom stereocenters. The van der Waals surface area contributed by atoms with Gasteiger partial charge in [0.1, 0.15) is 0 Å². The first-order valence-electron chi connectivity index (χ1n) is 9.37. The quantitative estimate of drug-likeness (QED) is 0.809. The molecule has 0 radical (unpaired) electrons. The van der Waals surface area contributed by atoms with Crippen molar-refractivity contribution in [1.82, 2.24) is 4.90 Å². The zero-order valence-electron chi connectivity index (χ0n) is 15.1. The molecule has 0 fully saturated rings. The number of allylic oxidation sites excluding steroid dienone is 1. The Balaban J connectivity index is 1.79. The zero-order valence-corrected chi connectivity index (χ0v) is 15.1. The van der Waals surface area contributed by atoms with E-state index in [9.17, 15) is 4.79 Å². The van der Waals surface area contributed by atoms with Gasteiger partial charge in [-0.2, -0.15) is 0 Å². The maximum atomic E-state index is 13.5. The van der Waals surface area contributed by atoms with Crippen molar-refractivity contribution in [1.29, 1.82) is 0 Å². The lowest BCUT2D eigenvalue weighted by Gasteiger charge is -2.28. The topological polar surface area (TPSA) is 46.3 Å². The van der Waals surface area contributed by atoms with Crippen molar-refractivity contribution in [2.24, 2.45) is 5.73 Å². The van der Waals surface area contributed by atoms with Crippen molar-refractivity contribution in [2.45, 2.75) is 32.2 Å². The van der Waals surface area contributed by atoms with Crippen molar-refractivity contribution in [3.8, 4) is 0 Å². The number of carbonyl (C=O) groups is 1. The lowest BCUT2D eigenvalue weighted by Crippen LogP contribution is -2.31. The molecule has 3 nitrogen and oxygen atoms in total. The number of Topliss-reactive ketones (excluding diaryl/α,β-unsaturated/α-hetero) is 1. The maximum absolute atomic E-state index is 13.5. The second-order valence-electron chi connectivity index (χ2n) is 7.01. The van der Waals surface area contributed by atoms with Crippen LogP contribution >= 0.6 is 0 Å². The molecule has 2 aliphatic rings. The molecule has 132 valence electrons. The molecule has 0 saturated heterocycles. The fraction of sp³-hybridized carbons (Fsp3) is 0.261. The van der Waals surface area contributed by atoms with E-state index in [1.54, 1.807) is 0 Å². The molecule has 0 spiro atoms. The second kappa shape index (κ2) is 6.83. The molecule has 0 bridgehead atoms. The highest BCUT2D eigenvalue weighted by Gasteiger charge is 2.35. The highest BCUT2D eigenvalue weighted by Crippen LogP contribution is 2.37. The number of benzene rings is 2. The molecule has 0 amide bonds. The molecule has 2 N–H and O–H groups in total. The number of nitrogens with zero attached hydrogens (tertiary/aromatic N) is 1. The number of hydrogen-bond acceptors (Lipinski definition) is 3. The third-order valence-corrected chi connectivity index (χ3v) is 5.34. The van der Waals surface area contributed by atoms with Crippen LogP contribution in [-0.2, 0) is 0 Å². The normalized spacial score (nSPS) is 19.0. The van der Waals surface area contributed by atoms with Crippen LogP contribution in [0.5, 0.6) is 0 Å². The third-order valence-electron chi connectivity index (χ3n) is 5.34. The van der Waals surface area contributed by atoms with Gasteiger partial charge < -0.3 is 10.6 Å². The number of unbranched alkanes of at least 4 members (excludes halogenated alkanes) is 1. The molecule has 4 rings (SSSR count). The van der Waals surface area contributed by atoms with Crippen LogP contribution in [0.15, 0.2) is 77.7 Å².